The second kappa shape index (κ2) is 7.28. The first-order valence-electron chi connectivity index (χ1n) is 7.20. The number of carbonyl (C=O) groups is 2. The summed E-state index contributed by atoms with van der Waals surface area (Å²) in [5.41, 5.74) is -0.494. The summed E-state index contributed by atoms with van der Waals surface area (Å²) in [7, 11) is 0. The second-order valence-electron chi connectivity index (χ2n) is 5.39. The quantitative estimate of drug-likeness (QED) is 0.865. The number of nitriles is 1. The molecule has 5 nitrogen and oxygen atoms in total. The van der Waals surface area contributed by atoms with E-state index in [4.69, 9.17) is 16.3 Å². The Kier molecular flexibility index (Phi) is 5.40. The van der Waals surface area contributed by atoms with Gasteiger partial charge in [-0.3, -0.25) is 4.79 Å². The Hall–Kier alpha value is -2.06. The van der Waals surface area contributed by atoms with E-state index in [2.05, 4.69) is 11.4 Å². The highest BCUT2D eigenvalue weighted by Gasteiger charge is 2.33. The molecule has 0 radical (unpaired) electrons. The fraction of sp³-hybridized carbons (Fsp3) is 0.438. The molecule has 6 heteroatoms. The number of halogens is 1. The van der Waals surface area contributed by atoms with Crippen molar-refractivity contribution in [3.05, 3.63) is 34.9 Å². The third-order valence-corrected chi connectivity index (χ3v) is 3.97. The molecule has 0 unspecified atom stereocenters. The van der Waals surface area contributed by atoms with Crippen LogP contribution in [0.1, 0.15) is 42.5 Å². The molecule has 0 atom stereocenters. The van der Waals surface area contributed by atoms with Gasteiger partial charge >= 0.3 is 5.97 Å². The highest BCUT2D eigenvalue weighted by molar-refractivity contribution is 6.30. The van der Waals surface area contributed by atoms with Gasteiger partial charge in [-0.2, -0.15) is 5.26 Å². The van der Waals surface area contributed by atoms with Gasteiger partial charge in [0.15, 0.2) is 6.61 Å². The van der Waals surface area contributed by atoms with Gasteiger partial charge in [-0.25, -0.2) is 4.79 Å². The van der Waals surface area contributed by atoms with Crippen molar-refractivity contribution in [3.8, 4) is 6.07 Å². The Balaban J connectivity index is 1.86. The highest BCUT2D eigenvalue weighted by atomic mass is 35.5. The third kappa shape index (κ3) is 4.22. The van der Waals surface area contributed by atoms with Crippen molar-refractivity contribution in [1.82, 2.24) is 5.32 Å². The number of nitrogens with zero attached hydrogens (tertiary/aromatic N) is 1. The molecule has 1 saturated carbocycles. The first kappa shape index (κ1) is 16.3. The topological polar surface area (TPSA) is 79.2 Å². The summed E-state index contributed by atoms with van der Waals surface area (Å²) in [6.45, 7) is -0.398. The molecule has 0 bridgehead atoms. The molecule has 22 heavy (non-hydrogen) atoms. The lowest BCUT2D eigenvalue weighted by atomic mass is 9.83. The molecule has 1 aliphatic rings. The molecule has 0 aliphatic heterocycles. The van der Waals surface area contributed by atoms with Gasteiger partial charge in [0, 0.05) is 5.02 Å². The maximum atomic E-state index is 11.9. The fourth-order valence-corrected chi connectivity index (χ4v) is 2.65. The van der Waals surface area contributed by atoms with Crippen molar-refractivity contribution < 1.29 is 14.3 Å². The molecule has 2 rings (SSSR count). The number of hydrogen-bond acceptors (Lipinski definition) is 4. The molecule has 0 saturated heterocycles. The molecule has 1 aromatic carbocycles. The van der Waals surface area contributed by atoms with Crippen LogP contribution in [0.3, 0.4) is 0 Å². The van der Waals surface area contributed by atoms with Crippen LogP contribution in [0, 0.1) is 11.3 Å². The van der Waals surface area contributed by atoms with Crippen LogP contribution in [0.25, 0.3) is 0 Å². The number of nitrogens with one attached hydrogen (secondary N) is 1. The van der Waals surface area contributed by atoms with Gasteiger partial charge in [0.1, 0.15) is 5.54 Å². The molecule has 0 spiro atoms. The Bertz CT molecular complexity index is 586. The fourth-order valence-electron chi connectivity index (χ4n) is 2.52. The van der Waals surface area contributed by atoms with Gasteiger partial charge in [0.05, 0.1) is 11.6 Å². The van der Waals surface area contributed by atoms with Crippen LogP contribution < -0.4 is 5.32 Å². The molecule has 1 fully saturated rings. The third-order valence-electron chi connectivity index (χ3n) is 3.71. The summed E-state index contributed by atoms with van der Waals surface area (Å²) in [5, 5.41) is 12.5. The van der Waals surface area contributed by atoms with Crippen LogP contribution in [0.15, 0.2) is 24.3 Å². The zero-order valence-corrected chi connectivity index (χ0v) is 12.9. The van der Waals surface area contributed by atoms with Crippen LogP contribution in [-0.4, -0.2) is 24.0 Å². The summed E-state index contributed by atoms with van der Waals surface area (Å²) in [6, 6.07) is 8.39. The van der Waals surface area contributed by atoms with Crippen LogP contribution >= 0.6 is 11.6 Å². The summed E-state index contributed by atoms with van der Waals surface area (Å²) in [6.07, 6.45) is 4.18. The van der Waals surface area contributed by atoms with Crippen molar-refractivity contribution in [2.75, 3.05) is 6.61 Å². The summed E-state index contributed by atoms with van der Waals surface area (Å²) < 4.78 is 4.96. The van der Waals surface area contributed by atoms with Gasteiger partial charge < -0.3 is 10.1 Å². The van der Waals surface area contributed by atoms with Crippen LogP contribution in [0.4, 0.5) is 0 Å². The Morgan fingerprint density at radius 3 is 2.45 bits per heavy atom. The van der Waals surface area contributed by atoms with Crippen molar-refractivity contribution in [1.29, 1.82) is 5.26 Å². The SMILES string of the molecule is N#CC1(NC(=O)COC(=O)c2ccc(Cl)cc2)CCCCC1. The van der Waals surface area contributed by atoms with Crippen molar-refractivity contribution in [2.45, 2.75) is 37.6 Å². The van der Waals surface area contributed by atoms with E-state index in [1.165, 1.54) is 12.1 Å². The maximum absolute atomic E-state index is 11.9. The van der Waals surface area contributed by atoms with E-state index >= 15 is 0 Å². The number of esters is 1. The van der Waals surface area contributed by atoms with E-state index in [1.54, 1.807) is 12.1 Å². The predicted octanol–water partition coefficient (Wildman–Crippen LogP) is 2.84. The average molecular weight is 321 g/mol. The molecule has 1 aliphatic carbocycles. The van der Waals surface area contributed by atoms with Crippen molar-refractivity contribution >= 4 is 23.5 Å². The molecular formula is C16H17ClN2O3. The predicted molar refractivity (Wildman–Crippen MR) is 81.3 cm³/mol. The van der Waals surface area contributed by atoms with Gasteiger partial charge in [-0.05, 0) is 37.1 Å². The van der Waals surface area contributed by atoms with Gasteiger partial charge in [-0.15, -0.1) is 0 Å². The van der Waals surface area contributed by atoms with Crippen LogP contribution in [0.2, 0.25) is 5.02 Å². The van der Waals surface area contributed by atoms with E-state index in [1.807, 2.05) is 0 Å². The Labute approximate surface area is 134 Å². The van der Waals surface area contributed by atoms with Crippen molar-refractivity contribution in [2.24, 2.45) is 0 Å². The standard InChI is InChI=1S/C16H17ClN2O3/c17-13-6-4-12(5-7-13)15(21)22-10-14(20)19-16(11-18)8-2-1-3-9-16/h4-7H,1-3,8-10H2,(H,19,20). The molecule has 0 heterocycles. The number of ether oxygens (including phenoxy) is 1. The monoisotopic (exact) mass is 320 g/mol. The summed E-state index contributed by atoms with van der Waals surface area (Å²) in [5.74, 6) is -1.05. The minimum absolute atomic E-state index is 0.324. The zero-order chi connectivity index (χ0) is 16.0. The van der Waals surface area contributed by atoms with Gasteiger partial charge in [0.25, 0.3) is 5.91 Å². The average Bonchev–Trinajstić information content (AvgIpc) is 2.54. The normalized spacial score (nSPS) is 16.4. The van der Waals surface area contributed by atoms with E-state index in [0.717, 1.165) is 19.3 Å². The van der Waals surface area contributed by atoms with Crippen molar-refractivity contribution in [3.63, 3.8) is 0 Å². The summed E-state index contributed by atoms with van der Waals surface area (Å²) in [4.78, 5) is 23.7. The van der Waals surface area contributed by atoms with E-state index in [9.17, 15) is 14.9 Å². The summed E-state index contributed by atoms with van der Waals surface area (Å²) >= 11 is 5.74. The second-order valence-corrected chi connectivity index (χ2v) is 5.82. The first-order valence-corrected chi connectivity index (χ1v) is 7.57. The van der Waals surface area contributed by atoms with E-state index < -0.39 is 24.0 Å². The molecule has 0 aromatic heterocycles. The highest BCUT2D eigenvalue weighted by Crippen LogP contribution is 2.27. The number of carbonyl (C=O) groups excluding carboxylic acids is 2. The Morgan fingerprint density at radius 1 is 1.23 bits per heavy atom. The molecule has 116 valence electrons. The minimum Gasteiger partial charge on any atom is -0.452 e. The minimum atomic E-state index is -0.817. The molecule has 1 aromatic rings. The maximum Gasteiger partial charge on any atom is 0.338 e. The Morgan fingerprint density at radius 2 is 1.86 bits per heavy atom. The number of rotatable bonds is 4. The number of hydrogen-bond donors (Lipinski definition) is 1. The lowest BCUT2D eigenvalue weighted by Crippen LogP contribution is -2.50. The number of amides is 1. The van der Waals surface area contributed by atoms with Gasteiger partial charge in [-0.1, -0.05) is 30.9 Å². The van der Waals surface area contributed by atoms with Crippen LogP contribution in [-0.2, 0) is 9.53 Å². The zero-order valence-electron chi connectivity index (χ0n) is 12.1. The molecular weight excluding hydrogens is 304 g/mol. The van der Waals surface area contributed by atoms with E-state index in [-0.39, 0.29) is 0 Å². The lowest BCUT2D eigenvalue weighted by molar-refractivity contribution is -0.125. The lowest BCUT2D eigenvalue weighted by Gasteiger charge is -2.31. The van der Waals surface area contributed by atoms with Gasteiger partial charge in [0.2, 0.25) is 0 Å². The van der Waals surface area contributed by atoms with Crippen LogP contribution in [0.5, 0.6) is 0 Å². The molecule has 1 N–H and O–H groups in total. The van der Waals surface area contributed by atoms with E-state index in [0.29, 0.717) is 23.4 Å². The molecule has 1 amide bonds. The first-order chi connectivity index (χ1) is 10.5. The largest absolute Gasteiger partial charge is 0.452 e. The number of benzene rings is 1. The smallest absolute Gasteiger partial charge is 0.338 e.